The smallest absolute Gasteiger partial charge is 0.253 e. The lowest BCUT2D eigenvalue weighted by atomic mass is 9.96. The molecule has 4 rings (SSSR count). The first-order valence-electron chi connectivity index (χ1n) is 10.8. The van der Waals surface area contributed by atoms with Crippen LogP contribution in [0.3, 0.4) is 0 Å². The lowest BCUT2D eigenvalue weighted by Gasteiger charge is -2.26. The van der Waals surface area contributed by atoms with E-state index in [1.54, 1.807) is 6.92 Å². The second-order valence-corrected chi connectivity index (χ2v) is 8.25. The summed E-state index contributed by atoms with van der Waals surface area (Å²) in [6.07, 6.45) is 6.10. The molecule has 8 heteroatoms. The normalized spacial score (nSPS) is 18.0. The van der Waals surface area contributed by atoms with Gasteiger partial charge < -0.3 is 14.7 Å². The number of nitrogens with zero attached hydrogens (tertiary/aromatic N) is 3. The second-order valence-electron chi connectivity index (χ2n) is 8.25. The average Bonchev–Trinajstić information content (AvgIpc) is 3.53. The Morgan fingerprint density at radius 3 is 2.43 bits per heavy atom. The van der Waals surface area contributed by atoms with Crippen LogP contribution >= 0.6 is 0 Å². The Labute approximate surface area is 176 Å². The number of hydrogen-bond donors (Lipinski definition) is 2. The number of hydrogen-bond acceptors (Lipinski definition) is 6. The number of aromatic nitrogens is 2. The van der Waals surface area contributed by atoms with Crippen LogP contribution in [0.2, 0.25) is 0 Å². The van der Waals surface area contributed by atoms with E-state index in [1.807, 2.05) is 29.2 Å². The molecule has 0 bridgehead atoms. The Morgan fingerprint density at radius 1 is 1.10 bits per heavy atom. The van der Waals surface area contributed by atoms with Crippen molar-refractivity contribution in [2.24, 2.45) is 0 Å². The summed E-state index contributed by atoms with van der Waals surface area (Å²) >= 11 is 0. The van der Waals surface area contributed by atoms with Gasteiger partial charge in [-0.3, -0.25) is 14.9 Å². The summed E-state index contributed by atoms with van der Waals surface area (Å²) in [6.45, 7) is 4.07. The van der Waals surface area contributed by atoms with Gasteiger partial charge in [0.25, 0.3) is 5.91 Å². The largest absolute Gasteiger partial charge is 0.351 e. The minimum Gasteiger partial charge on any atom is -0.351 e. The highest BCUT2D eigenvalue weighted by molar-refractivity contribution is 5.94. The van der Waals surface area contributed by atoms with Crippen molar-refractivity contribution in [1.82, 2.24) is 25.7 Å². The van der Waals surface area contributed by atoms with Gasteiger partial charge in [-0.05, 0) is 43.4 Å². The minimum absolute atomic E-state index is 0.0845. The van der Waals surface area contributed by atoms with Gasteiger partial charge >= 0.3 is 0 Å². The van der Waals surface area contributed by atoms with Crippen molar-refractivity contribution in [3.63, 3.8) is 0 Å². The molecule has 1 saturated heterocycles. The number of aryl methyl sites for hydroxylation is 1. The zero-order valence-corrected chi connectivity index (χ0v) is 17.4. The third-order valence-corrected chi connectivity index (χ3v) is 6.08. The molecule has 160 valence electrons. The van der Waals surface area contributed by atoms with Crippen LogP contribution in [0.5, 0.6) is 0 Å². The summed E-state index contributed by atoms with van der Waals surface area (Å²) in [4.78, 5) is 31.1. The number of rotatable bonds is 7. The molecule has 8 nitrogen and oxygen atoms in total. The monoisotopic (exact) mass is 411 g/mol. The van der Waals surface area contributed by atoms with Gasteiger partial charge in [0, 0.05) is 32.1 Å². The van der Waals surface area contributed by atoms with Crippen LogP contribution in [-0.4, -0.2) is 46.5 Å². The third kappa shape index (κ3) is 4.53. The molecule has 2 aromatic rings. The Morgan fingerprint density at radius 2 is 1.80 bits per heavy atom. The van der Waals surface area contributed by atoms with E-state index < -0.39 is 0 Å². The molecule has 1 aromatic heterocycles. The zero-order valence-electron chi connectivity index (χ0n) is 17.4. The minimum atomic E-state index is -0.382. The first kappa shape index (κ1) is 20.5. The van der Waals surface area contributed by atoms with Crippen LogP contribution in [0.15, 0.2) is 28.8 Å². The number of carbonyl (C=O) groups is 2. The SMILES string of the molecule is Cc1nc(C2(NCC(=O)NCc3ccc(C(=O)N4CCCC4)cc3)CCCC2)no1. The quantitative estimate of drug-likeness (QED) is 0.725. The maximum absolute atomic E-state index is 12.4. The van der Waals surface area contributed by atoms with Crippen molar-refractivity contribution in [1.29, 1.82) is 0 Å². The van der Waals surface area contributed by atoms with Gasteiger partial charge in [-0.15, -0.1) is 0 Å². The van der Waals surface area contributed by atoms with E-state index in [1.165, 1.54) is 0 Å². The number of benzene rings is 1. The van der Waals surface area contributed by atoms with E-state index >= 15 is 0 Å². The molecule has 30 heavy (non-hydrogen) atoms. The van der Waals surface area contributed by atoms with Crippen molar-refractivity contribution in [2.45, 2.75) is 57.5 Å². The number of likely N-dealkylation sites (tertiary alicyclic amines) is 1. The molecule has 2 heterocycles. The van der Waals surface area contributed by atoms with Gasteiger partial charge in [0.15, 0.2) is 5.82 Å². The molecule has 0 spiro atoms. The lowest BCUT2D eigenvalue weighted by molar-refractivity contribution is -0.120. The van der Waals surface area contributed by atoms with E-state index in [0.29, 0.717) is 23.8 Å². The summed E-state index contributed by atoms with van der Waals surface area (Å²) in [6, 6.07) is 7.48. The highest BCUT2D eigenvalue weighted by atomic mass is 16.5. The summed E-state index contributed by atoms with van der Waals surface area (Å²) in [5.41, 5.74) is 1.28. The van der Waals surface area contributed by atoms with E-state index in [-0.39, 0.29) is 23.9 Å². The molecule has 1 aliphatic carbocycles. The zero-order chi connectivity index (χ0) is 21.0. The van der Waals surface area contributed by atoms with Crippen molar-refractivity contribution in [3.8, 4) is 0 Å². The van der Waals surface area contributed by atoms with E-state index in [2.05, 4.69) is 20.8 Å². The van der Waals surface area contributed by atoms with Gasteiger partial charge in [0.2, 0.25) is 11.8 Å². The average molecular weight is 412 g/mol. The fourth-order valence-electron chi connectivity index (χ4n) is 4.33. The van der Waals surface area contributed by atoms with Crippen LogP contribution in [0.25, 0.3) is 0 Å². The van der Waals surface area contributed by atoms with E-state index in [4.69, 9.17) is 4.52 Å². The standard InChI is InChI=1S/C22H29N5O3/c1-16-25-21(26-30-16)22(10-2-3-11-22)24-15-19(28)23-14-17-6-8-18(9-7-17)20(29)27-12-4-5-13-27/h6-9,24H,2-5,10-15H2,1H3,(H,23,28). The van der Waals surface area contributed by atoms with Crippen LogP contribution in [0.4, 0.5) is 0 Å². The van der Waals surface area contributed by atoms with Crippen LogP contribution in [-0.2, 0) is 16.9 Å². The van der Waals surface area contributed by atoms with Crippen LogP contribution in [0, 0.1) is 6.92 Å². The summed E-state index contributed by atoms with van der Waals surface area (Å²) in [5, 5.41) is 10.4. The highest BCUT2D eigenvalue weighted by Crippen LogP contribution is 2.37. The molecule has 0 unspecified atom stereocenters. The number of nitrogens with one attached hydrogen (secondary N) is 2. The molecule has 1 saturated carbocycles. The predicted octanol–water partition coefficient (Wildman–Crippen LogP) is 2.29. The second kappa shape index (κ2) is 8.95. The molecule has 0 atom stereocenters. The summed E-state index contributed by atoms with van der Waals surface area (Å²) < 4.78 is 5.14. The first-order chi connectivity index (χ1) is 14.6. The van der Waals surface area contributed by atoms with E-state index in [9.17, 15) is 9.59 Å². The Kier molecular flexibility index (Phi) is 6.13. The fourth-order valence-corrected chi connectivity index (χ4v) is 4.33. The highest BCUT2D eigenvalue weighted by Gasteiger charge is 2.39. The summed E-state index contributed by atoms with van der Waals surface area (Å²) in [7, 11) is 0. The molecular weight excluding hydrogens is 382 g/mol. The fraction of sp³-hybridized carbons (Fsp3) is 0.545. The molecule has 2 fully saturated rings. The van der Waals surface area contributed by atoms with Crippen molar-refractivity contribution < 1.29 is 14.1 Å². The van der Waals surface area contributed by atoms with Gasteiger partial charge in [-0.25, -0.2) is 0 Å². The van der Waals surface area contributed by atoms with Gasteiger partial charge in [0.05, 0.1) is 12.1 Å². The molecule has 2 amide bonds. The molecule has 2 aliphatic rings. The lowest BCUT2D eigenvalue weighted by Crippen LogP contribution is -2.46. The van der Waals surface area contributed by atoms with E-state index in [0.717, 1.165) is 57.2 Å². The van der Waals surface area contributed by atoms with Gasteiger partial charge in [-0.1, -0.05) is 30.1 Å². The van der Waals surface area contributed by atoms with Crippen molar-refractivity contribution in [3.05, 3.63) is 47.1 Å². The van der Waals surface area contributed by atoms with Gasteiger partial charge in [0.1, 0.15) is 0 Å². The van der Waals surface area contributed by atoms with Crippen LogP contribution in [0.1, 0.15) is 66.2 Å². The maximum atomic E-state index is 12.4. The molecule has 1 aliphatic heterocycles. The van der Waals surface area contributed by atoms with Crippen molar-refractivity contribution in [2.75, 3.05) is 19.6 Å². The molecule has 2 N–H and O–H groups in total. The van der Waals surface area contributed by atoms with Crippen LogP contribution < -0.4 is 10.6 Å². The Balaban J connectivity index is 1.28. The molecular formula is C22H29N5O3. The first-order valence-corrected chi connectivity index (χ1v) is 10.8. The molecule has 1 aromatic carbocycles. The third-order valence-electron chi connectivity index (χ3n) is 6.08. The summed E-state index contributed by atoms with van der Waals surface area (Å²) in [5.74, 6) is 1.18. The van der Waals surface area contributed by atoms with Gasteiger partial charge in [-0.2, -0.15) is 4.98 Å². The Bertz CT molecular complexity index is 880. The number of carbonyl (C=O) groups excluding carboxylic acids is 2. The Hall–Kier alpha value is -2.74. The maximum Gasteiger partial charge on any atom is 0.253 e. The topological polar surface area (TPSA) is 100 Å². The number of amides is 2. The predicted molar refractivity (Wildman–Crippen MR) is 111 cm³/mol. The molecule has 0 radical (unpaired) electrons. The van der Waals surface area contributed by atoms with Crippen molar-refractivity contribution >= 4 is 11.8 Å².